The molecule has 0 radical (unpaired) electrons. The van der Waals surface area contributed by atoms with Crippen molar-refractivity contribution in [2.75, 3.05) is 20.6 Å². The van der Waals surface area contributed by atoms with E-state index in [4.69, 9.17) is 4.74 Å². The Morgan fingerprint density at radius 1 is 1.12 bits per heavy atom. The van der Waals surface area contributed by atoms with Crippen molar-refractivity contribution in [3.05, 3.63) is 52.0 Å². The largest absolute Gasteiger partial charge is 0.480 e. The Labute approximate surface area is 295 Å². The molecule has 0 aliphatic carbocycles. The van der Waals surface area contributed by atoms with Gasteiger partial charge in [0.05, 0.1) is 6.04 Å². The molecule has 272 valence electrons. The van der Waals surface area contributed by atoms with Gasteiger partial charge in [0.15, 0.2) is 11.9 Å². The molecule has 2 N–H and O–H groups in total. The molecular weight excluding hydrogens is 644 g/mol. The van der Waals surface area contributed by atoms with Gasteiger partial charge in [-0.3, -0.25) is 24.1 Å². The Morgan fingerprint density at radius 3 is 2.37 bits per heavy atom. The lowest BCUT2D eigenvalue weighted by atomic mass is 9.83. The number of rotatable bonds is 17. The van der Waals surface area contributed by atoms with Crippen molar-refractivity contribution in [3.8, 4) is 0 Å². The molecule has 1 aliphatic heterocycles. The van der Waals surface area contributed by atoms with Gasteiger partial charge in [0, 0.05) is 50.6 Å². The molecular formula is C37H56N4O7S. The number of carboxylic acid groups (broad SMARTS) is 1. The number of likely N-dealkylation sites (N-methyl/N-ethyl adjacent to an activating group) is 1. The zero-order chi connectivity index (χ0) is 35.5. The predicted octanol–water partition coefficient (Wildman–Crippen LogP) is 5.79. The first-order chi connectivity index (χ1) is 22.7. The number of benzene rings is 1. The number of aliphatic carboxylic acids is 1. The number of hydrogen-bond donors (Lipinski definition) is 2. The van der Waals surface area contributed by atoms with E-state index >= 15 is 0 Å². The number of hydrogen-bond acceptors (Lipinski definition) is 9. The summed E-state index contributed by atoms with van der Waals surface area (Å²) >= 11 is 1.13. The minimum Gasteiger partial charge on any atom is -0.480 e. The van der Waals surface area contributed by atoms with Crippen molar-refractivity contribution in [1.29, 1.82) is 0 Å². The number of piperidine rings is 1. The van der Waals surface area contributed by atoms with Gasteiger partial charge in [-0.2, -0.15) is 0 Å². The summed E-state index contributed by atoms with van der Waals surface area (Å²) in [6.07, 6.45) is 3.29. The third-order valence-corrected chi connectivity index (χ3v) is 10.4. The molecule has 0 saturated carbocycles. The van der Waals surface area contributed by atoms with Gasteiger partial charge in [0.1, 0.15) is 16.7 Å². The first kappa shape index (κ1) is 41.5. The molecule has 1 fully saturated rings. The highest BCUT2D eigenvalue weighted by Gasteiger charge is 2.37. The highest BCUT2D eigenvalue weighted by molar-refractivity contribution is 7.09. The zero-order valence-electron chi connectivity index (χ0n) is 29.3. The average molecular weight is 701 g/mol. The minimum atomic E-state index is -1.17. The van der Waals surface area contributed by atoms with Crippen LogP contribution in [0.25, 0.3) is 0 Å². The zero-order valence-corrected chi connectivity index (χ0v) is 30.1. The number of ether oxygens (including phenoxy) is 1. The number of nitrogens with zero attached hydrogens (tertiary/aromatic N) is 3. The van der Waals surface area contributed by atoms with Crippen LogP contribution in [-0.4, -0.2) is 88.2 Å². The monoisotopic (exact) mass is 700 g/mol. The molecule has 2 heterocycles. The van der Waals surface area contributed by atoms with Crippen LogP contribution in [-0.2, 0) is 30.3 Å². The Kier molecular flexibility index (Phi) is 16.5. The van der Waals surface area contributed by atoms with Crippen LogP contribution in [0.1, 0.15) is 108 Å². The lowest BCUT2D eigenvalue weighted by Crippen LogP contribution is -2.48. The van der Waals surface area contributed by atoms with E-state index in [1.54, 1.807) is 36.2 Å². The number of amides is 2. The number of thiazole rings is 1. The van der Waals surface area contributed by atoms with Gasteiger partial charge < -0.3 is 20.1 Å². The number of nitrogens with one attached hydrogen (secondary N) is 1. The quantitative estimate of drug-likeness (QED) is 0.196. The van der Waals surface area contributed by atoms with Crippen molar-refractivity contribution in [2.24, 2.45) is 17.8 Å². The number of likely N-dealkylation sites (tertiary alicyclic amines) is 1. The number of carbonyl (C=O) groups excluding carboxylic acids is 4. The number of ketones is 1. The summed E-state index contributed by atoms with van der Waals surface area (Å²) in [5.74, 6) is -2.90. The van der Waals surface area contributed by atoms with Gasteiger partial charge in [-0.05, 0) is 43.8 Å². The maximum atomic E-state index is 14.2. The van der Waals surface area contributed by atoms with Crippen LogP contribution in [0.2, 0.25) is 0 Å². The molecule has 2 unspecified atom stereocenters. The van der Waals surface area contributed by atoms with Crippen LogP contribution in [0.3, 0.4) is 0 Å². The van der Waals surface area contributed by atoms with E-state index in [1.165, 1.54) is 12.3 Å². The summed E-state index contributed by atoms with van der Waals surface area (Å²) < 4.78 is 5.71. The predicted molar refractivity (Wildman–Crippen MR) is 191 cm³/mol. The van der Waals surface area contributed by atoms with Crippen molar-refractivity contribution in [2.45, 2.75) is 111 Å². The van der Waals surface area contributed by atoms with E-state index < -0.39 is 35.9 Å². The van der Waals surface area contributed by atoms with Crippen molar-refractivity contribution in [1.82, 2.24) is 20.1 Å². The fourth-order valence-electron chi connectivity index (χ4n) is 6.39. The summed E-state index contributed by atoms with van der Waals surface area (Å²) in [5, 5.41) is 14.2. The summed E-state index contributed by atoms with van der Waals surface area (Å²) in [5.41, 5.74) is 0.777. The number of carbonyl (C=O) groups is 5. The van der Waals surface area contributed by atoms with Crippen LogP contribution >= 0.6 is 11.3 Å². The molecule has 3 rings (SSSR count). The van der Waals surface area contributed by atoms with E-state index in [0.29, 0.717) is 5.01 Å². The molecule has 1 aliphatic rings. The number of aromatic nitrogens is 1. The van der Waals surface area contributed by atoms with E-state index in [0.717, 1.165) is 49.1 Å². The van der Waals surface area contributed by atoms with Gasteiger partial charge in [0.25, 0.3) is 5.91 Å². The third kappa shape index (κ3) is 11.7. The Hall–Kier alpha value is -3.64. The number of esters is 1. The van der Waals surface area contributed by atoms with Crippen molar-refractivity contribution >= 4 is 40.9 Å². The maximum absolute atomic E-state index is 14.2. The SMILES string of the molecule is C.CC[C@H](C)C(CC(=O)C1CCCCN1C)C(=O)N(C)[C@H](C[C@@H](OC(C)=O)c1nc(C(=O)N[C@@H](Cc2ccccc2)C(=O)O)cs1)C(C)C. The summed E-state index contributed by atoms with van der Waals surface area (Å²) in [6.45, 7) is 10.2. The summed E-state index contributed by atoms with van der Waals surface area (Å²) in [7, 11) is 3.71. The first-order valence-electron chi connectivity index (χ1n) is 16.9. The van der Waals surface area contributed by atoms with Gasteiger partial charge in [0.2, 0.25) is 5.91 Å². The van der Waals surface area contributed by atoms with Crippen LogP contribution in [0, 0.1) is 17.8 Å². The number of carboxylic acids is 1. The molecule has 0 spiro atoms. The first-order valence-corrected chi connectivity index (χ1v) is 17.8. The second-order valence-electron chi connectivity index (χ2n) is 13.4. The molecule has 49 heavy (non-hydrogen) atoms. The fraction of sp³-hybridized carbons (Fsp3) is 0.622. The lowest BCUT2D eigenvalue weighted by molar-refractivity contribution is -0.149. The highest BCUT2D eigenvalue weighted by Crippen LogP contribution is 2.33. The third-order valence-electron chi connectivity index (χ3n) is 9.51. The maximum Gasteiger partial charge on any atom is 0.326 e. The van der Waals surface area contributed by atoms with Crippen LogP contribution in [0.15, 0.2) is 35.7 Å². The van der Waals surface area contributed by atoms with Gasteiger partial charge >= 0.3 is 11.9 Å². The summed E-state index contributed by atoms with van der Waals surface area (Å²) in [4.78, 5) is 73.1. The lowest BCUT2D eigenvalue weighted by Gasteiger charge is -2.37. The molecule has 6 atom stereocenters. The summed E-state index contributed by atoms with van der Waals surface area (Å²) in [6, 6.07) is 7.30. The topological polar surface area (TPSA) is 146 Å². The van der Waals surface area contributed by atoms with E-state index in [1.807, 2.05) is 40.8 Å². The fourth-order valence-corrected chi connectivity index (χ4v) is 7.23. The Morgan fingerprint density at radius 2 is 1.80 bits per heavy atom. The van der Waals surface area contributed by atoms with Crippen LogP contribution in [0.5, 0.6) is 0 Å². The van der Waals surface area contributed by atoms with Crippen LogP contribution < -0.4 is 5.32 Å². The smallest absolute Gasteiger partial charge is 0.326 e. The second kappa shape index (κ2) is 19.5. The highest BCUT2D eigenvalue weighted by atomic mass is 32.1. The molecule has 12 heteroatoms. The van der Waals surface area contributed by atoms with E-state index in [-0.39, 0.29) is 68.0 Å². The normalized spacial score (nSPS) is 17.9. The molecule has 0 bridgehead atoms. The standard InChI is InChI=1S/C36H52N4O7S.CH4/c1-8-23(4)26(19-31(42)29-16-12-13-17-39(29)6)35(44)40(7)30(22(2)3)20-32(47-24(5)41)34-38-28(21-48-34)33(43)37-27(36(45)46)18-25-14-10-9-11-15-25;/h9-11,14-15,21-23,26-27,29-30,32H,8,12-13,16-20H2,1-7H3,(H,37,43)(H,45,46);1H4/t23-,26?,27-,29?,30+,32+;/m0./s1. The molecule has 2 amide bonds. The minimum absolute atomic E-state index is 0. The molecule has 1 aromatic heterocycles. The van der Waals surface area contributed by atoms with Crippen LogP contribution in [0.4, 0.5) is 0 Å². The van der Waals surface area contributed by atoms with Gasteiger partial charge in [-0.25, -0.2) is 9.78 Å². The molecule has 2 aromatic rings. The second-order valence-corrected chi connectivity index (χ2v) is 14.3. The van der Waals surface area contributed by atoms with Crippen molar-refractivity contribution in [3.63, 3.8) is 0 Å². The van der Waals surface area contributed by atoms with E-state index in [9.17, 15) is 29.1 Å². The van der Waals surface area contributed by atoms with E-state index in [2.05, 4.69) is 15.2 Å². The Bertz CT molecular complexity index is 1400. The van der Waals surface area contributed by atoms with Gasteiger partial charge in [-0.1, -0.05) is 78.3 Å². The average Bonchev–Trinajstić information content (AvgIpc) is 3.55. The number of Topliss-reactive ketones (excluding diaryl/α,β-unsaturated/α-hetero) is 1. The van der Waals surface area contributed by atoms with Crippen molar-refractivity contribution < 1.29 is 33.8 Å². The van der Waals surface area contributed by atoms with Gasteiger partial charge in [-0.15, -0.1) is 11.3 Å². The Balaban J connectivity index is 0.00000833. The molecule has 1 aromatic carbocycles. The molecule has 11 nitrogen and oxygen atoms in total. The molecule has 1 saturated heterocycles.